The minimum absolute atomic E-state index is 0.269. The van der Waals surface area contributed by atoms with E-state index in [1.165, 1.54) is 19.3 Å². The molecule has 0 radical (unpaired) electrons. The van der Waals surface area contributed by atoms with Crippen molar-refractivity contribution in [2.45, 2.75) is 25.9 Å². The number of hydrogen-bond acceptors (Lipinski definition) is 4. The molecule has 2 aliphatic carbocycles. The first kappa shape index (κ1) is 16.4. The molecule has 2 atom stereocenters. The number of benzene rings is 1. The number of carbonyl (C=O) groups excluding carboxylic acids is 1. The van der Waals surface area contributed by atoms with Gasteiger partial charge < -0.3 is 13.9 Å². The molecular formula is C22H22N2O3. The van der Waals surface area contributed by atoms with Crippen LogP contribution in [0.15, 0.2) is 54.9 Å². The number of aromatic nitrogens is 2. The molecule has 1 aromatic carbocycles. The molecule has 5 nitrogen and oxygen atoms in total. The number of imidazole rings is 1. The maximum atomic E-state index is 12.3. The van der Waals surface area contributed by atoms with Crippen molar-refractivity contribution < 1.29 is 14.3 Å². The summed E-state index contributed by atoms with van der Waals surface area (Å²) >= 11 is 0. The monoisotopic (exact) mass is 362 g/mol. The normalized spacial score (nSPS) is 21.2. The van der Waals surface area contributed by atoms with E-state index < -0.39 is 0 Å². The van der Waals surface area contributed by atoms with E-state index in [-0.39, 0.29) is 5.97 Å². The molecule has 3 aromatic rings. The molecular weight excluding hydrogens is 340 g/mol. The van der Waals surface area contributed by atoms with E-state index in [2.05, 4.69) is 4.98 Å². The summed E-state index contributed by atoms with van der Waals surface area (Å²) in [5, 5.41) is 0. The van der Waals surface area contributed by atoms with E-state index in [9.17, 15) is 4.79 Å². The second-order valence-corrected chi connectivity index (χ2v) is 7.61. The van der Waals surface area contributed by atoms with Crippen LogP contribution in [0.25, 0.3) is 5.65 Å². The molecule has 0 amide bonds. The number of carbonyl (C=O) groups is 1. The van der Waals surface area contributed by atoms with Crippen LogP contribution in [0.4, 0.5) is 0 Å². The summed E-state index contributed by atoms with van der Waals surface area (Å²) in [5.41, 5.74) is 2.26. The highest BCUT2D eigenvalue weighted by molar-refractivity contribution is 5.89. The maximum Gasteiger partial charge on any atom is 0.338 e. The van der Waals surface area contributed by atoms with Gasteiger partial charge >= 0.3 is 5.97 Å². The third-order valence-electron chi connectivity index (χ3n) is 5.50. The van der Waals surface area contributed by atoms with E-state index in [0.29, 0.717) is 30.4 Å². The maximum absolute atomic E-state index is 12.3. The summed E-state index contributed by atoms with van der Waals surface area (Å²) in [6, 6.07) is 13.0. The molecule has 138 valence electrons. The molecule has 2 heterocycles. The first-order valence-corrected chi connectivity index (χ1v) is 9.59. The highest BCUT2D eigenvalue weighted by atomic mass is 16.5. The first-order valence-electron chi connectivity index (χ1n) is 9.59. The molecule has 0 spiro atoms. The zero-order chi connectivity index (χ0) is 18.2. The Kier molecular flexibility index (Phi) is 4.07. The fraction of sp³-hybridized carbons (Fsp3) is 0.364. The van der Waals surface area contributed by atoms with Crippen LogP contribution >= 0.6 is 0 Å². The number of rotatable bonds is 7. The average molecular weight is 362 g/mol. The Labute approximate surface area is 157 Å². The molecule has 0 aliphatic heterocycles. The second kappa shape index (κ2) is 6.72. The van der Waals surface area contributed by atoms with Gasteiger partial charge in [0.05, 0.1) is 17.9 Å². The Morgan fingerprint density at radius 1 is 1.19 bits per heavy atom. The Morgan fingerprint density at radius 3 is 2.96 bits per heavy atom. The number of ether oxygens (including phenoxy) is 2. The summed E-state index contributed by atoms with van der Waals surface area (Å²) in [4.78, 5) is 16.8. The van der Waals surface area contributed by atoms with Crippen LogP contribution in [-0.2, 0) is 11.3 Å². The van der Waals surface area contributed by atoms with Crippen molar-refractivity contribution in [3.8, 4) is 5.75 Å². The molecule has 2 aromatic heterocycles. The van der Waals surface area contributed by atoms with Gasteiger partial charge in [-0.3, -0.25) is 0 Å². The minimum Gasteiger partial charge on any atom is -0.487 e. The van der Waals surface area contributed by atoms with Crippen LogP contribution in [0.2, 0.25) is 0 Å². The standard InChI is InChI=1S/C22H22N2O3/c25-22(27-13-17-11-20(17)15-7-8-15)16-4-3-5-19(10-16)26-14-18-12-24-9-2-1-6-21(24)23-18/h1-6,9-10,12,15,17,20H,7-8,11,13-14H2/t17-,20-/m0/s1. The van der Waals surface area contributed by atoms with Gasteiger partial charge in [0.2, 0.25) is 0 Å². The fourth-order valence-corrected chi connectivity index (χ4v) is 3.76. The van der Waals surface area contributed by atoms with Crippen molar-refractivity contribution >= 4 is 11.6 Å². The molecule has 0 N–H and O–H groups in total. The van der Waals surface area contributed by atoms with Gasteiger partial charge in [-0.1, -0.05) is 12.1 Å². The zero-order valence-electron chi connectivity index (χ0n) is 15.1. The lowest BCUT2D eigenvalue weighted by Gasteiger charge is -2.07. The quantitative estimate of drug-likeness (QED) is 0.594. The molecule has 2 fully saturated rings. The topological polar surface area (TPSA) is 52.8 Å². The molecule has 27 heavy (non-hydrogen) atoms. The van der Waals surface area contributed by atoms with Crippen LogP contribution in [0.1, 0.15) is 35.3 Å². The van der Waals surface area contributed by atoms with E-state index in [1.54, 1.807) is 12.1 Å². The third-order valence-corrected chi connectivity index (χ3v) is 5.50. The lowest BCUT2D eigenvalue weighted by Crippen LogP contribution is -2.09. The average Bonchev–Trinajstić information content (AvgIpc) is 3.60. The predicted molar refractivity (Wildman–Crippen MR) is 101 cm³/mol. The first-order chi connectivity index (χ1) is 13.3. The van der Waals surface area contributed by atoms with Crippen molar-refractivity contribution in [3.63, 3.8) is 0 Å². The van der Waals surface area contributed by atoms with Crippen molar-refractivity contribution in [2.24, 2.45) is 17.8 Å². The molecule has 5 rings (SSSR count). The summed E-state index contributed by atoms with van der Waals surface area (Å²) in [6.07, 6.45) is 7.84. The van der Waals surface area contributed by atoms with Gasteiger partial charge in [-0.15, -0.1) is 0 Å². The van der Waals surface area contributed by atoms with Crippen LogP contribution in [0, 0.1) is 17.8 Å². The molecule has 0 saturated heterocycles. The van der Waals surface area contributed by atoms with Gasteiger partial charge in [0.1, 0.15) is 18.0 Å². The molecule has 0 unspecified atom stereocenters. The fourth-order valence-electron chi connectivity index (χ4n) is 3.76. The van der Waals surface area contributed by atoms with E-state index in [4.69, 9.17) is 9.47 Å². The van der Waals surface area contributed by atoms with Gasteiger partial charge in [0.15, 0.2) is 0 Å². The van der Waals surface area contributed by atoms with Crippen LogP contribution in [0.3, 0.4) is 0 Å². The number of fused-ring (bicyclic) bond motifs is 1. The van der Waals surface area contributed by atoms with Crippen molar-refractivity contribution in [3.05, 3.63) is 66.1 Å². The zero-order valence-corrected chi connectivity index (χ0v) is 15.1. The molecule has 2 saturated carbocycles. The van der Waals surface area contributed by atoms with E-state index in [0.717, 1.165) is 23.2 Å². The summed E-state index contributed by atoms with van der Waals surface area (Å²) in [6.45, 7) is 0.900. The van der Waals surface area contributed by atoms with Gasteiger partial charge in [-0.05, 0) is 67.3 Å². The van der Waals surface area contributed by atoms with Gasteiger partial charge in [-0.25, -0.2) is 9.78 Å². The van der Waals surface area contributed by atoms with E-state index >= 15 is 0 Å². The Bertz CT molecular complexity index is 943. The lowest BCUT2D eigenvalue weighted by molar-refractivity contribution is 0.0478. The molecule has 2 aliphatic rings. The summed E-state index contributed by atoms with van der Waals surface area (Å²) in [7, 11) is 0. The second-order valence-electron chi connectivity index (χ2n) is 7.61. The Morgan fingerprint density at radius 2 is 2.11 bits per heavy atom. The summed E-state index contributed by atoms with van der Waals surface area (Å²) in [5.74, 6) is 2.66. The molecule has 0 bridgehead atoms. The summed E-state index contributed by atoms with van der Waals surface area (Å²) < 4.78 is 13.3. The van der Waals surface area contributed by atoms with Gasteiger partial charge in [0, 0.05) is 12.4 Å². The Hall–Kier alpha value is -2.82. The van der Waals surface area contributed by atoms with Crippen LogP contribution in [-0.4, -0.2) is 22.0 Å². The van der Waals surface area contributed by atoms with Crippen LogP contribution in [0.5, 0.6) is 5.75 Å². The van der Waals surface area contributed by atoms with E-state index in [1.807, 2.05) is 47.1 Å². The number of nitrogens with zero attached hydrogens (tertiary/aromatic N) is 2. The van der Waals surface area contributed by atoms with Crippen molar-refractivity contribution in [1.29, 1.82) is 0 Å². The Balaban J connectivity index is 1.17. The predicted octanol–water partition coefficient (Wildman–Crippen LogP) is 4.12. The van der Waals surface area contributed by atoms with Gasteiger partial charge in [0.25, 0.3) is 0 Å². The number of esters is 1. The minimum atomic E-state index is -0.269. The highest BCUT2D eigenvalue weighted by Crippen LogP contribution is 2.54. The number of pyridine rings is 1. The lowest BCUT2D eigenvalue weighted by atomic mass is 10.2. The largest absolute Gasteiger partial charge is 0.487 e. The van der Waals surface area contributed by atoms with Gasteiger partial charge in [-0.2, -0.15) is 0 Å². The van der Waals surface area contributed by atoms with Crippen molar-refractivity contribution in [2.75, 3.05) is 6.61 Å². The smallest absolute Gasteiger partial charge is 0.338 e. The SMILES string of the molecule is O=C(OC[C@@H]1C[C@H]1C1CC1)c1cccc(OCc2cn3ccccc3n2)c1. The van der Waals surface area contributed by atoms with Crippen LogP contribution < -0.4 is 4.74 Å². The molecule has 5 heteroatoms. The highest BCUT2D eigenvalue weighted by Gasteiger charge is 2.47. The van der Waals surface area contributed by atoms with Crippen molar-refractivity contribution in [1.82, 2.24) is 9.38 Å². The third kappa shape index (κ3) is 3.68. The number of hydrogen-bond donors (Lipinski definition) is 0.